The second-order valence-corrected chi connectivity index (χ2v) is 3.29. The Morgan fingerprint density at radius 3 is 2.81 bits per heavy atom. The van der Waals surface area contributed by atoms with Gasteiger partial charge in [-0.3, -0.25) is 10.1 Å². The zero-order chi connectivity index (χ0) is 12.3. The van der Waals surface area contributed by atoms with Crippen LogP contribution in [0, 0.1) is 17.0 Å². The van der Waals surface area contributed by atoms with E-state index in [1.807, 2.05) is 0 Å². The summed E-state index contributed by atoms with van der Waals surface area (Å²) in [6.07, 6.45) is 0. The number of hydrogen-bond acceptors (Lipinski definition) is 5. The standard InChI is InChI=1S/C9H9ClN2O4/c1-3-16-9(13)6-4-5(2)11-8(10)7(6)12(14)15/h4H,3H2,1-2H3. The van der Waals surface area contributed by atoms with Crippen molar-refractivity contribution in [2.75, 3.05) is 6.61 Å². The molecule has 0 aliphatic carbocycles. The van der Waals surface area contributed by atoms with Crippen molar-refractivity contribution in [1.82, 2.24) is 4.98 Å². The average molecular weight is 245 g/mol. The molecular formula is C9H9ClN2O4. The van der Waals surface area contributed by atoms with E-state index in [0.29, 0.717) is 5.69 Å². The van der Waals surface area contributed by atoms with Crippen molar-refractivity contribution in [3.05, 3.63) is 32.6 Å². The first-order valence-electron chi connectivity index (χ1n) is 4.46. The van der Waals surface area contributed by atoms with Crippen molar-refractivity contribution < 1.29 is 14.5 Å². The first-order valence-corrected chi connectivity index (χ1v) is 4.83. The zero-order valence-electron chi connectivity index (χ0n) is 8.69. The van der Waals surface area contributed by atoms with Gasteiger partial charge in [0.1, 0.15) is 5.56 Å². The molecule has 1 rings (SSSR count). The fourth-order valence-corrected chi connectivity index (χ4v) is 1.47. The molecule has 1 aromatic rings. The van der Waals surface area contributed by atoms with Gasteiger partial charge in [-0.05, 0) is 19.9 Å². The number of rotatable bonds is 3. The largest absolute Gasteiger partial charge is 0.462 e. The average Bonchev–Trinajstić information content (AvgIpc) is 2.15. The first kappa shape index (κ1) is 12.4. The lowest BCUT2D eigenvalue weighted by molar-refractivity contribution is -0.385. The third-order valence-electron chi connectivity index (χ3n) is 1.76. The second-order valence-electron chi connectivity index (χ2n) is 2.93. The zero-order valence-corrected chi connectivity index (χ0v) is 9.45. The van der Waals surface area contributed by atoms with Crippen LogP contribution < -0.4 is 0 Å². The third kappa shape index (κ3) is 2.46. The molecule has 0 fully saturated rings. The van der Waals surface area contributed by atoms with Crippen LogP contribution in [0.1, 0.15) is 23.0 Å². The number of esters is 1. The summed E-state index contributed by atoms with van der Waals surface area (Å²) in [4.78, 5) is 25.2. The molecule has 16 heavy (non-hydrogen) atoms. The van der Waals surface area contributed by atoms with E-state index in [-0.39, 0.29) is 17.3 Å². The number of carbonyl (C=O) groups is 1. The highest BCUT2D eigenvalue weighted by molar-refractivity contribution is 6.32. The molecule has 0 aliphatic heterocycles. The van der Waals surface area contributed by atoms with E-state index in [1.165, 1.54) is 6.07 Å². The molecule has 0 aromatic carbocycles. The summed E-state index contributed by atoms with van der Waals surface area (Å²) in [5.41, 5.74) is -0.284. The van der Waals surface area contributed by atoms with Gasteiger partial charge in [-0.15, -0.1) is 0 Å². The smallest absolute Gasteiger partial charge is 0.345 e. The number of aryl methyl sites for hydroxylation is 1. The molecule has 1 heterocycles. The minimum atomic E-state index is -0.776. The summed E-state index contributed by atoms with van der Waals surface area (Å²) in [7, 11) is 0. The number of carbonyl (C=O) groups excluding carboxylic acids is 1. The maximum absolute atomic E-state index is 11.5. The SMILES string of the molecule is CCOC(=O)c1cc(C)nc(Cl)c1[N+](=O)[O-]. The van der Waals surface area contributed by atoms with Crippen molar-refractivity contribution in [2.45, 2.75) is 13.8 Å². The minimum absolute atomic E-state index is 0.134. The van der Waals surface area contributed by atoms with E-state index in [1.54, 1.807) is 13.8 Å². The lowest BCUT2D eigenvalue weighted by Crippen LogP contribution is -2.09. The quantitative estimate of drug-likeness (QED) is 0.352. The van der Waals surface area contributed by atoms with Crippen LogP contribution in [-0.4, -0.2) is 22.5 Å². The molecule has 0 saturated heterocycles. The topological polar surface area (TPSA) is 82.3 Å². The molecule has 0 saturated carbocycles. The Morgan fingerprint density at radius 1 is 1.69 bits per heavy atom. The minimum Gasteiger partial charge on any atom is -0.462 e. The maximum Gasteiger partial charge on any atom is 0.345 e. The van der Waals surface area contributed by atoms with Gasteiger partial charge in [0, 0.05) is 5.69 Å². The number of pyridine rings is 1. The lowest BCUT2D eigenvalue weighted by Gasteiger charge is -2.04. The van der Waals surface area contributed by atoms with E-state index in [0.717, 1.165) is 0 Å². The summed E-state index contributed by atoms with van der Waals surface area (Å²) in [6.45, 7) is 3.33. The highest BCUT2D eigenvalue weighted by Crippen LogP contribution is 2.27. The Bertz CT molecular complexity index is 447. The van der Waals surface area contributed by atoms with Gasteiger partial charge in [0.15, 0.2) is 0 Å². The van der Waals surface area contributed by atoms with Gasteiger partial charge >= 0.3 is 11.7 Å². The number of nitrogens with zero attached hydrogens (tertiary/aromatic N) is 2. The van der Waals surface area contributed by atoms with Crippen molar-refractivity contribution in [2.24, 2.45) is 0 Å². The molecule has 0 aliphatic rings. The number of halogens is 1. The van der Waals surface area contributed by atoms with Crippen LogP contribution in [0.3, 0.4) is 0 Å². The van der Waals surface area contributed by atoms with Crippen molar-refractivity contribution in [3.8, 4) is 0 Å². The van der Waals surface area contributed by atoms with E-state index >= 15 is 0 Å². The summed E-state index contributed by atoms with van der Waals surface area (Å²) >= 11 is 5.61. The van der Waals surface area contributed by atoms with Gasteiger partial charge < -0.3 is 4.74 Å². The highest BCUT2D eigenvalue weighted by Gasteiger charge is 2.26. The summed E-state index contributed by atoms with van der Waals surface area (Å²) in [5, 5.41) is 10.4. The van der Waals surface area contributed by atoms with Crippen LogP contribution >= 0.6 is 11.6 Å². The molecule has 6 nitrogen and oxygen atoms in total. The Hall–Kier alpha value is -1.69. The van der Waals surface area contributed by atoms with E-state index in [2.05, 4.69) is 4.98 Å². The molecule has 0 unspecified atom stereocenters. The summed E-state index contributed by atoms with van der Waals surface area (Å²) in [6, 6.07) is 1.28. The van der Waals surface area contributed by atoms with E-state index < -0.39 is 16.6 Å². The van der Waals surface area contributed by atoms with Gasteiger partial charge in [-0.2, -0.15) is 0 Å². The van der Waals surface area contributed by atoms with E-state index in [4.69, 9.17) is 16.3 Å². The number of ether oxygens (including phenoxy) is 1. The summed E-state index contributed by atoms with van der Waals surface area (Å²) in [5.74, 6) is -0.776. The Kier molecular flexibility index (Phi) is 3.78. The van der Waals surface area contributed by atoms with Crippen LogP contribution in [0.2, 0.25) is 5.15 Å². The normalized spacial score (nSPS) is 9.94. The van der Waals surface area contributed by atoms with E-state index in [9.17, 15) is 14.9 Å². The Morgan fingerprint density at radius 2 is 2.31 bits per heavy atom. The second kappa shape index (κ2) is 4.89. The van der Waals surface area contributed by atoms with Crippen molar-refractivity contribution in [3.63, 3.8) is 0 Å². The summed E-state index contributed by atoms with van der Waals surface area (Å²) < 4.78 is 4.70. The monoisotopic (exact) mass is 244 g/mol. The Balaban J connectivity index is 3.35. The predicted molar refractivity (Wildman–Crippen MR) is 56.6 cm³/mol. The highest BCUT2D eigenvalue weighted by atomic mass is 35.5. The van der Waals surface area contributed by atoms with Crippen LogP contribution in [0.5, 0.6) is 0 Å². The third-order valence-corrected chi connectivity index (χ3v) is 2.02. The van der Waals surface area contributed by atoms with Crippen LogP contribution in [0.15, 0.2) is 6.07 Å². The van der Waals surface area contributed by atoms with Gasteiger partial charge in [0.2, 0.25) is 5.15 Å². The van der Waals surface area contributed by atoms with Crippen molar-refractivity contribution in [1.29, 1.82) is 0 Å². The fraction of sp³-hybridized carbons (Fsp3) is 0.333. The molecule has 86 valence electrons. The molecule has 0 bridgehead atoms. The molecule has 0 radical (unpaired) electrons. The number of aromatic nitrogens is 1. The molecule has 1 aromatic heterocycles. The van der Waals surface area contributed by atoms with Gasteiger partial charge in [0.05, 0.1) is 11.5 Å². The maximum atomic E-state index is 11.5. The molecule has 0 N–H and O–H groups in total. The predicted octanol–water partition coefficient (Wildman–Crippen LogP) is 2.13. The first-order chi connectivity index (χ1) is 7.47. The molecule has 0 amide bonds. The molecular weight excluding hydrogens is 236 g/mol. The number of hydrogen-bond donors (Lipinski definition) is 0. The molecule has 0 atom stereocenters. The van der Waals surface area contributed by atoms with Gasteiger partial charge in [-0.25, -0.2) is 9.78 Å². The van der Waals surface area contributed by atoms with Crippen LogP contribution in [-0.2, 0) is 4.74 Å². The number of nitro groups is 1. The Labute approximate surface area is 96.3 Å². The molecule has 7 heteroatoms. The lowest BCUT2D eigenvalue weighted by atomic mass is 10.2. The molecule has 0 spiro atoms. The van der Waals surface area contributed by atoms with Gasteiger partial charge in [-0.1, -0.05) is 11.6 Å². The van der Waals surface area contributed by atoms with Crippen LogP contribution in [0.25, 0.3) is 0 Å². The fourth-order valence-electron chi connectivity index (χ4n) is 1.17. The van der Waals surface area contributed by atoms with Crippen LogP contribution in [0.4, 0.5) is 5.69 Å². The van der Waals surface area contributed by atoms with Crippen molar-refractivity contribution >= 4 is 23.3 Å². The van der Waals surface area contributed by atoms with Gasteiger partial charge in [0.25, 0.3) is 0 Å².